The standard InChI is InChI=1S/C9H9N5/c10-5-8-12-6-13-9(14-8)7-3-1-2-4-11-7/h1-4,6H,5,10H2. The van der Waals surface area contributed by atoms with Crippen molar-refractivity contribution in [1.29, 1.82) is 0 Å². The van der Waals surface area contributed by atoms with Crippen LogP contribution in [0.5, 0.6) is 0 Å². The van der Waals surface area contributed by atoms with Gasteiger partial charge in [-0.1, -0.05) is 6.07 Å². The monoisotopic (exact) mass is 187 g/mol. The average Bonchev–Trinajstić information content (AvgIpc) is 2.30. The summed E-state index contributed by atoms with van der Waals surface area (Å²) in [5.41, 5.74) is 6.15. The lowest BCUT2D eigenvalue weighted by atomic mass is 10.3. The van der Waals surface area contributed by atoms with Gasteiger partial charge in [0.05, 0.1) is 6.54 Å². The Morgan fingerprint density at radius 1 is 1.14 bits per heavy atom. The molecule has 0 amide bonds. The lowest BCUT2D eigenvalue weighted by Gasteiger charge is -1.99. The van der Waals surface area contributed by atoms with Crippen LogP contribution in [0.1, 0.15) is 5.82 Å². The Morgan fingerprint density at radius 3 is 2.79 bits per heavy atom. The van der Waals surface area contributed by atoms with Crippen LogP contribution in [0, 0.1) is 0 Å². The molecule has 0 fully saturated rings. The van der Waals surface area contributed by atoms with Crippen molar-refractivity contribution in [2.75, 3.05) is 0 Å². The molecular formula is C9H9N5. The van der Waals surface area contributed by atoms with E-state index in [1.54, 1.807) is 6.20 Å². The zero-order valence-corrected chi connectivity index (χ0v) is 7.46. The maximum Gasteiger partial charge on any atom is 0.181 e. The Hall–Kier alpha value is -1.88. The molecule has 0 aromatic carbocycles. The van der Waals surface area contributed by atoms with Crippen LogP contribution in [-0.2, 0) is 6.54 Å². The van der Waals surface area contributed by atoms with Gasteiger partial charge in [-0.3, -0.25) is 4.98 Å². The second kappa shape index (κ2) is 3.89. The lowest BCUT2D eigenvalue weighted by Crippen LogP contribution is -2.05. The van der Waals surface area contributed by atoms with Gasteiger partial charge in [0.1, 0.15) is 17.8 Å². The summed E-state index contributed by atoms with van der Waals surface area (Å²) < 4.78 is 0. The molecule has 0 aliphatic heterocycles. The van der Waals surface area contributed by atoms with E-state index < -0.39 is 0 Å². The fourth-order valence-electron chi connectivity index (χ4n) is 1.05. The third-order valence-corrected chi connectivity index (χ3v) is 1.70. The van der Waals surface area contributed by atoms with E-state index in [1.165, 1.54) is 6.33 Å². The van der Waals surface area contributed by atoms with E-state index in [0.717, 1.165) is 5.69 Å². The summed E-state index contributed by atoms with van der Waals surface area (Å²) in [6.45, 7) is 0.308. The molecule has 0 radical (unpaired) electrons. The second-order valence-electron chi connectivity index (χ2n) is 2.64. The zero-order chi connectivity index (χ0) is 9.80. The van der Waals surface area contributed by atoms with Gasteiger partial charge in [0.15, 0.2) is 5.82 Å². The number of nitrogens with zero attached hydrogens (tertiary/aromatic N) is 4. The molecule has 0 atom stereocenters. The van der Waals surface area contributed by atoms with Crippen LogP contribution in [-0.4, -0.2) is 19.9 Å². The van der Waals surface area contributed by atoms with Crippen molar-refractivity contribution in [1.82, 2.24) is 19.9 Å². The molecule has 2 heterocycles. The van der Waals surface area contributed by atoms with Crippen LogP contribution >= 0.6 is 0 Å². The maximum atomic E-state index is 5.42. The first-order chi connectivity index (χ1) is 6.90. The first kappa shape index (κ1) is 8.71. The minimum atomic E-state index is 0.308. The fourth-order valence-corrected chi connectivity index (χ4v) is 1.05. The molecule has 14 heavy (non-hydrogen) atoms. The van der Waals surface area contributed by atoms with E-state index in [2.05, 4.69) is 19.9 Å². The Bertz CT molecular complexity index is 415. The van der Waals surface area contributed by atoms with Crippen molar-refractivity contribution in [3.63, 3.8) is 0 Å². The lowest BCUT2D eigenvalue weighted by molar-refractivity contribution is 0.877. The van der Waals surface area contributed by atoms with Crippen LogP contribution in [0.4, 0.5) is 0 Å². The first-order valence-electron chi connectivity index (χ1n) is 4.19. The SMILES string of the molecule is NCc1ncnc(-c2ccccn2)n1. The fraction of sp³-hybridized carbons (Fsp3) is 0.111. The topological polar surface area (TPSA) is 77.6 Å². The van der Waals surface area contributed by atoms with E-state index in [1.807, 2.05) is 18.2 Å². The molecular weight excluding hydrogens is 178 g/mol. The number of nitrogens with two attached hydrogens (primary N) is 1. The molecule has 0 unspecified atom stereocenters. The summed E-state index contributed by atoms with van der Waals surface area (Å²) in [7, 11) is 0. The van der Waals surface area contributed by atoms with Crippen LogP contribution in [0.25, 0.3) is 11.5 Å². The van der Waals surface area contributed by atoms with Gasteiger partial charge in [0.25, 0.3) is 0 Å². The van der Waals surface area contributed by atoms with Gasteiger partial charge in [-0.2, -0.15) is 0 Å². The van der Waals surface area contributed by atoms with E-state index in [-0.39, 0.29) is 0 Å². The molecule has 0 aliphatic carbocycles. The van der Waals surface area contributed by atoms with Crippen molar-refractivity contribution in [3.05, 3.63) is 36.5 Å². The maximum absolute atomic E-state index is 5.42. The van der Waals surface area contributed by atoms with E-state index in [4.69, 9.17) is 5.73 Å². The molecule has 5 nitrogen and oxygen atoms in total. The van der Waals surface area contributed by atoms with Gasteiger partial charge in [-0.05, 0) is 12.1 Å². The van der Waals surface area contributed by atoms with Crippen molar-refractivity contribution in [3.8, 4) is 11.5 Å². The summed E-state index contributed by atoms with van der Waals surface area (Å²) in [6, 6.07) is 5.57. The Kier molecular flexibility index (Phi) is 2.42. The molecule has 2 aromatic rings. The van der Waals surface area contributed by atoms with Gasteiger partial charge in [0, 0.05) is 6.20 Å². The number of rotatable bonds is 2. The molecule has 0 bridgehead atoms. The van der Waals surface area contributed by atoms with Crippen molar-refractivity contribution >= 4 is 0 Å². The minimum absolute atomic E-state index is 0.308. The predicted octanol–water partition coefficient (Wildman–Crippen LogP) is 0.392. The number of aromatic nitrogens is 4. The third-order valence-electron chi connectivity index (χ3n) is 1.70. The zero-order valence-electron chi connectivity index (χ0n) is 7.46. The Balaban J connectivity index is 2.42. The smallest absolute Gasteiger partial charge is 0.181 e. The molecule has 2 rings (SSSR count). The summed E-state index contributed by atoms with van der Waals surface area (Å²) in [5, 5.41) is 0. The summed E-state index contributed by atoms with van der Waals surface area (Å²) in [4.78, 5) is 16.2. The molecule has 2 aromatic heterocycles. The van der Waals surface area contributed by atoms with E-state index >= 15 is 0 Å². The highest BCUT2D eigenvalue weighted by molar-refractivity contribution is 5.47. The number of hydrogen-bond donors (Lipinski definition) is 1. The van der Waals surface area contributed by atoms with Crippen LogP contribution in [0.3, 0.4) is 0 Å². The largest absolute Gasteiger partial charge is 0.324 e. The number of hydrogen-bond acceptors (Lipinski definition) is 5. The molecule has 70 valence electrons. The van der Waals surface area contributed by atoms with Crippen LogP contribution in [0.2, 0.25) is 0 Å². The van der Waals surface area contributed by atoms with Gasteiger partial charge in [-0.15, -0.1) is 0 Å². The highest BCUT2D eigenvalue weighted by Crippen LogP contribution is 2.08. The average molecular weight is 187 g/mol. The van der Waals surface area contributed by atoms with Crippen LogP contribution in [0.15, 0.2) is 30.7 Å². The first-order valence-corrected chi connectivity index (χ1v) is 4.19. The van der Waals surface area contributed by atoms with Crippen molar-refractivity contribution < 1.29 is 0 Å². The van der Waals surface area contributed by atoms with Gasteiger partial charge >= 0.3 is 0 Å². The van der Waals surface area contributed by atoms with Crippen molar-refractivity contribution in [2.24, 2.45) is 5.73 Å². The van der Waals surface area contributed by atoms with Crippen LogP contribution < -0.4 is 5.73 Å². The summed E-state index contributed by atoms with van der Waals surface area (Å²) in [5.74, 6) is 1.13. The van der Waals surface area contributed by atoms with E-state index in [9.17, 15) is 0 Å². The molecule has 0 saturated heterocycles. The molecule has 0 aliphatic rings. The van der Waals surface area contributed by atoms with E-state index in [0.29, 0.717) is 18.2 Å². The number of pyridine rings is 1. The summed E-state index contributed by atoms with van der Waals surface area (Å²) in [6.07, 6.45) is 3.14. The van der Waals surface area contributed by atoms with Crippen molar-refractivity contribution in [2.45, 2.75) is 6.54 Å². The Morgan fingerprint density at radius 2 is 2.07 bits per heavy atom. The third kappa shape index (κ3) is 1.72. The highest BCUT2D eigenvalue weighted by Gasteiger charge is 2.02. The highest BCUT2D eigenvalue weighted by atomic mass is 15.0. The minimum Gasteiger partial charge on any atom is -0.324 e. The van der Waals surface area contributed by atoms with Gasteiger partial charge < -0.3 is 5.73 Å². The normalized spacial score (nSPS) is 10.1. The molecule has 5 heteroatoms. The Labute approximate surface area is 81.1 Å². The molecule has 0 spiro atoms. The quantitative estimate of drug-likeness (QED) is 0.735. The summed E-state index contributed by atoms with van der Waals surface area (Å²) >= 11 is 0. The predicted molar refractivity (Wildman–Crippen MR) is 50.9 cm³/mol. The molecule has 2 N–H and O–H groups in total. The van der Waals surface area contributed by atoms with Gasteiger partial charge in [0.2, 0.25) is 0 Å². The second-order valence-corrected chi connectivity index (χ2v) is 2.64. The van der Waals surface area contributed by atoms with Gasteiger partial charge in [-0.25, -0.2) is 15.0 Å². The molecule has 0 saturated carbocycles.